The lowest BCUT2D eigenvalue weighted by Gasteiger charge is -2.29. The van der Waals surface area contributed by atoms with Crippen LogP contribution in [0, 0.1) is 5.92 Å². The van der Waals surface area contributed by atoms with Gasteiger partial charge in [-0.2, -0.15) is 0 Å². The monoisotopic (exact) mass is 284 g/mol. The smallest absolute Gasteiger partial charge is 0.0610 e. The van der Waals surface area contributed by atoms with Crippen molar-refractivity contribution >= 4 is 0 Å². The van der Waals surface area contributed by atoms with Crippen molar-refractivity contribution in [2.24, 2.45) is 5.92 Å². The van der Waals surface area contributed by atoms with Crippen LogP contribution in [0.25, 0.3) is 0 Å². The number of hydrogen-bond acceptors (Lipinski definition) is 4. The molecule has 4 heteroatoms. The average molecular weight is 284 g/mol. The zero-order valence-electron chi connectivity index (χ0n) is 13.2. The third kappa shape index (κ3) is 5.32. The van der Waals surface area contributed by atoms with Crippen molar-refractivity contribution in [2.45, 2.75) is 57.0 Å². The maximum Gasteiger partial charge on any atom is 0.0610 e. The second kappa shape index (κ2) is 7.74. The van der Waals surface area contributed by atoms with Crippen LogP contribution in [-0.2, 0) is 4.74 Å². The molecule has 2 aliphatic rings. The molecule has 2 N–H and O–H groups in total. The molecule has 0 aromatic rings. The highest BCUT2D eigenvalue weighted by molar-refractivity contribution is 4.92. The Morgan fingerprint density at radius 1 is 1.30 bits per heavy atom. The van der Waals surface area contributed by atoms with Crippen molar-refractivity contribution in [1.29, 1.82) is 0 Å². The average Bonchev–Trinajstić information content (AvgIpc) is 3.13. The molecule has 4 nitrogen and oxygen atoms in total. The standard InChI is InChI=1S/C16H32N2O2/c1-16(13-19,17-15-5-6-15)8-3-4-9-18-10-7-14(11-18)12-20-2/h14-15,17,19H,3-13H2,1-2H3. The van der Waals surface area contributed by atoms with Crippen LogP contribution >= 0.6 is 0 Å². The van der Waals surface area contributed by atoms with Crippen molar-refractivity contribution < 1.29 is 9.84 Å². The molecule has 1 heterocycles. The van der Waals surface area contributed by atoms with Crippen LogP contribution in [0.2, 0.25) is 0 Å². The normalized spacial score (nSPS) is 26.9. The SMILES string of the molecule is COCC1CCN(CCCCC(C)(CO)NC2CC2)C1. The zero-order valence-corrected chi connectivity index (χ0v) is 13.2. The highest BCUT2D eigenvalue weighted by Gasteiger charge is 2.31. The van der Waals surface area contributed by atoms with Gasteiger partial charge < -0.3 is 20.1 Å². The van der Waals surface area contributed by atoms with Crippen molar-refractivity contribution in [3.05, 3.63) is 0 Å². The Morgan fingerprint density at radius 3 is 2.75 bits per heavy atom. The number of ether oxygens (including phenoxy) is 1. The van der Waals surface area contributed by atoms with Crippen molar-refractivity contribution in [3.63, 3.8) is 0 Å². The molecular formula is C16H32N2O2. The van der Waals surface area contributed by atoms with E-state index in [2.05, 4.69) is 17.1 Å². The molecule has 0 amide bonds. The first-order valence-corrected chi connectivity index (χ1v) is 8.25. The van der Waals surface area contributed by atoms with Crippen LogP contribution < -0.4 is 5.32 Å². The lowest BCUT2D eigenvalue weighted by atomic mass is 9.95. The second-order valence-corrected chi connectivity index (χ2v) is 7.01. The summed E-state index contributed by atoms with van der Waals surface area (Å²) in [7, 11) is 1.80. The fourth-order valence-corrected chi connectivity index (χ4v) is 3.26. The van der Waals surface area contributed by atoms with Gasteiger partial charge in [-0.05, 0) is 58.0 Å². The van der Waals surface area contributed by atoms with Crippen molar-refractivity contribution in [2.75, 3.05) is 40.0 Å². The molecule has 0 aromatic heterocycles. The molecule has 2 unspecified atom stereocenters. The number of aliphatic hydroxyl groups is 1. The third-order valence-electron chi connectivity index (χ3n) is 4.70. The van der Waals surface area contributed by atoms with Gasteiger partial charge in [0.2, 0.25) is 0 Å². The predicted octanol–water partition coefficient (Wildman–Crippen LogP) is 1.63. The second-order valence-electron chi connectivity index (χ2n) is 7.01. The molecule has 20 heavy (non-hydrogen) atoms. The zero-order chi connectivity index (χ0) is 14.4. The minimum Gasteiger partial charge on any atom is -0.394 e. The van der Waals surface area contributed by atoms with Gasteiger partial charge in [-0.25, -0.2) is 0 Å². The number of aliphatic hydroxyl groups excluding tert-OH is 1. The van der Waals surface area contributed by atoms with E-state index in [0.717, 1.165) is 18.9 Å². The van der Waals surface area contributed by atoms with E-state index in [-0.39, 0.29) is 12.1 Å². The topological polar surface area (TPSA) is 44.7 Å². The number of methoxy groups -OCH3 is 1. The minimum absolute atomic E-state index is 0.0647. The summed E-state index contributed by atoms with van der Waals surface area (Å²) in [4.78, 5) is 2.56. The highest BCUT2D eigenvalue weighted by atomic mass is 16.5. The first-order chi connectivity index (χ1) is 9.65. The molecular weight excluding hydrogens is 252 g/mol. The molecule has 0 aromatic carbocycles. The van der Waals surface area contributed by atoms with E-state index in [1.165, 1.54) is 51.7 Å². The molecule has 2 atom stereocenters. The number of rotatable bonds is 10. The van der Waals surface area contributed by atoms with Gasteiger partial charge in [-0.1, -0.05) is 6.42 Å². The Labute approximate surface area is 123 Å². The maximum absolute atomic E-state index is 9.58. The molecule has 0 radical (unpaired) electrons. The highest BCUT2D eigenvalue weighted by Crippen LogP contribution is 2.25. The Morgan fingerprint density at radius 2 is 2.10 bits per heavy atom. The summed E-state index contributed by atoms with van der Waals surface area (Å²) in [5, 5.41) is 13.2. The van der Waals surface area contributed by atoms with E-state index in [9.17, 15) is 5.11 Å². The molecule has 2 fully saturated rings. The summed E-state index contributed by atoms with van der Waals surface area (Å²) in [6.07, 6.45) is 7.36. The van der Waals surface area contributed by atoms with Gasteiger partial charge in [-0.15, -0.1) is 0 Å². The first kappa shape index (κ1) is 16.2. The summed E-state index contributed by atoms with van der Waals surface area (Å²) in [5.41, 5.74) is -0.0647. The number of nitrogens with zero attached hydrogens (tertiary/aromatic N) is 1. The van der Waals surface area contributed by atoms with E-state index in [1.54, 1.807) is 7.11 Å². The molecule has 2 rings (SSSR count). The molecule has 1 saturated carbocycles. The largest absolute Gasteiger partial charge is 0.394 e. The van der Waals surface area contributed by atoms with E-state index in [0.29, 0.717) is 6.04 Å². The first-order valence-electron chi connectivity index (χ1n) is 8.25. The van der Waals surface area contributed by atoms with Gasteiger partial charge in [0.1, 0.15) is 0 Å². The molecule has 118 valence electrons. The Balaban J connectivity index is 1.56. The fraction of sp³-hybridized carbons (Fsp3) is 1.00. The quantitative estimate of drug-likeness (QED) is 0.599. The fourth-order valence-electron chi connectivity index (χ4n) is 3.26. The van der Waals surface area contributed by atoms with Gasteiger partial charge >= 0.3 is 0 Å². The molecule has 1 aliphatic heterocycles. The lowest BCUT2D eigenvalue weighted by Crippen LogP contribution is -2.46. The Kier molecular flexibility index (Phi) is 6.27. The Hall–Kier alpha value is -0.160. The van der Waals surface area contributed by atoms with Crippen LogP contribution in [0.15, 0.2) is 0 Å². The van der Waals surface area contributed by atoms with E-state index in [4.69, 9.17) is 4.74 Å². The third-order valence-corrected chi connectivity index (χ3v) is 4.70. The van der Waals surface area contributed by atoms with Crippen LogP contribution in [0.4, 0.5) is 0 Å². The van der Waals surface area contributed by atoms with E-state index in [1.807, 2.05) is 0 Å². The van der Waals surface area contributed by atoms with Gasteiger partial charge in [0.25, 0.3) is 0 Å². The van der Waals surface area contributed by atoms with Gasteiger partial charge in [0.15, 0.2) is 0 Å². The molecule has 0 bridgehead atoms. The predicted molar refractivity (Wildman–Crippen MR) is 81.9 cm³/mol. The molecule has 1 aliphatic carbocycles. The minimum atomic E-state index is -0.0647. The van der Waals surface area contributed by atoms with Crippen LogP contribution in [0.3, 0.4) is 0 Å². The van der Waals surface area contributed by atoms with Crippen molar-refractivity contribution in [1.82, 2.24) is 10.2 Å². The van der Waals surface area contributed by atoms with Crippen LogP contribution in [-0.4, -0.2) is 61.5 Å². The molecule has 1 saturated heterocycles. The van der Waals surface area contributed by atoms with E-state index < -0.39 is 0 Å². The number of nitrogens with one attached hydrogen (secondary N) is 1. The number of likely N-dealkylation sites (tertiary alicyclic amines) is 1. The summed E-state index contributed by atoms with van der Waals surface area (Å²) in [6.45, 7) is 6.95. The summed E-state index contributed by atoms with van der Waals surface area (Å²) < 4.78 is 5.24. The van der Waals surface area contributed by atoms with Crippen molar-refractivity contribution in [3.8, 4) is 0 Å². The number of hydrogen-bond donors (Lipinski definition) is 2. The number of unbranched alkanes of at least 4 members (excludes halogenated alkanes) is 1. The lowest BCUT2D eigenvalue weighted by molar-refractivity contribution is 0.151. The summed E-state index contributed by atoms with van der Waals surface area (Å²) in [6, 6.07) is 0.667. The maximum atomic E-state index is 9.58. The summed E-state index contributed by atoms with van der Waals surface area (Å²) >= 11 is 0. The van der Waals surface area contributed by atoms with E-state index >= 15 is 0 Å². The van der Waals surface area contributed by atoms with Gasteiger partial charge in [0.05, 0.1) is 13.2 Å². The van der Waals surface area contributed by atoms with Crippen LogP contribution in [0.5, 0.6) is 0 Å². The molecule has 0 spiro atoms. The van der Waals surface area contributed by atoms with Crippen LogP contribution in [0.1, 0.15) is 45.4 Å². The van der Waals surface area contributed by atoms with Gasteiger partial charge in [-0.3, -0.25) is 0 Å². The Bertz CT molecular complexity index is 284. The van der Waals surface area contributed by atoms with Gasteiger partial charge in [0, 0.05) is 25.2 Å². The summed E-state index contributed by atoms with van der Waals surface area (Å²) in [5.74, 6) is 0.735.